The van der Waals surface area contributed by atoms with Crippen LogP contribution < -0.4 is 0 Å². The van der Waals surface area contributed by atoms with Gasteiger partial charge in [0.2, 0.25) is 10.4 Å². The Morgan fingerprint density at radius 2 is 1.96 bits per heavy atom. The number of rotatable bonds is 3. The molecule has 0 saturated heterocycles. The summed E-state index contributed by atoms with van der Waals surface area (Å²) in [4.78, 5) is 27.2. The van der Waals surface area contributed by atoms with E-state index in [9.17, 15) is 14.9 Å². The van der Waals surface area contributed by atoms with E-state index in [1.54, 1.807) is 6.92 Å². The minimum Gasteiger partial charge on any atom is -0.358 e. The minimum absolute atomic E-state index is 0.0613. The summed E-state index contributed by atoms with van der Waals surface area (Å²) >= 11 is 3.04. The third-order valence-corrected chi connectivity index (χ3v) is 4.16. The van der Waals surface area contributed by atoms with E-state index in [2.05, 4.69) is 20.9 Å². The molecule has 0 spiro atoms. The summed E-state index contributed by atoms with van der Waals surface area (Å²) in [7, 11) is 0. The molecular formula is C16H12BrN3O3. The summed E-state index contributed by atoms with van der Waals surface area (Å²) < 4.78 is 1.11. The first kappa shape index (κ1) is 15.4. The fourth-order valence-electron chi connectivity index (χ4n) is 2.63. The van der Waals surface area contributed by atoms with Crippen LogP contribution in [0.25, 0.3) is 10.8 Å². The molecule has 0 bridgehead atoms. The lowest BCUT2D eigenvalue weighted by Gasteiger charge is -2.06. The quantitative estimate of drug-likeness (QED) is 0.515. The molecule has 0 N–H and O–H groups in total. The standard InChI is InChI=1S/C16H12BrN3O3/c1-10-18-15(17)16(20(22)23)19(10)14(21)9-12-7-4-6-11-5-2-3-8-13(11)12/h2-8H,9H2,1H3. The Labute approximate surface area is 140 Å². The molecule has 23 heavy (non-hydrogen) atoms. The Morgan fingerprint density at radius 1 is 1.26 bits per heavy atom. The van der Waals surface area contributed by atoms with E-state index in [-0.39, 0.29) is 28.6 Å². The zero-order valence-corrected chi connectivity index (χ0v) is 13.8. The Kier molecular flexibility index (Phi) is 3.96. The second kappa shape index (κ2) is 5.92. The molecular weight excluding hydrogens is 362 g/mol. The first-order valence-corrected chi connectivity index (χ1v) is 7.67. The Hall–Kier alpha value is -2.54. The van der Waals surface area contributed by atoms with Gasteiger partial charge in [0.25, 0.3) is 0 Å². The Morgan fingerprint density at radius 3 is 2.70 bits per heavy atom. The van der Waals surface area contributed by atoms with Crippen molar-refractivity contribution in [3.8, 4) is 0 Å². The van der Waals surface area contributed by atoms with Gasteiger partial charge in [-0.3, -0.25) is 0 Å². The van der Waals surface area contributed by atoms with Crippen molar-refractivity contribution >= 4 is 38.4 Å². The van der Waals surface area contributed by atoms with Gasteiger partial charge in [-0.2, -0.15) is 4.98 Å². The van der Waals surface area contributed by atoms with Crippen molar-refractivity contribution in [1.82, 2.24) is 9.55 Å². The molecule has 7 heteroatoms. The minimum atomic E-state index is -0.606. The maximum absolute atomic E-state index is 12.6. The highest BCUT2D eigenvalue weighted by molar-refractivity contribution is 9.10. The van der Waals surface area contributed by atoms with Crippen LogP contribution in [0, 0.1) is 17.0 Å². The maximum atomic E-state index is 12.6. The molecule has 2 aromatic carbocycles. The lowest BCUT2D eigenvalue weighted by molar-refractivity contribution is -0.391. The number of nitrogens with zero attached hydrogens (tertiary/aromatic N) is 3. The van der Waals surface area contributed by atoms with Gasteiger partial charge < -0.3 is 10.1 Å². The van der Waals surface area contributed by atoms with Crippen LogP contribution in [0.2, 0.25) is 0 Å². The third kappa shape index (κ3) is 2.75. The molecule has 0 unspecified atom stereocenters. The smallest absolute Gasteiger partial charge is 0.358 e. The fourth-order valence-corrected chi connectivity index (χ4v) is 3.21. The summed E-state index contributed by atoms with van der Waals surface area (Å²) in [6.07, 6.45) is 0.0613. The Balaban J connectivity index is 2.04. The molecule has 1 aromatic heterocycles. The van der Waals surface area contributed by atoms with Crippen molar-refractivity contribution in [2.75, 3.05) is 0 Å². The molecule has 0 atom stereocenters. The fraction of sp³-hybridized carbons (Fsp3) is 0.125. The van der Waals surface area contributed by atoms with E-state index in [1.165, 1.54) is 0 Å². The molecule has 6 nitrogen and oxygen atoms in total. The van der Waals surface area contributed by atoms with Gasteiger partial charge in [0, 0.05) is 6.92 Å². The highest BCUT2D eigenvalue weighted by Gasteiger charge is 2.29. The molecule has 3 rings (SSSR count). The normalized spacial score (nSPS) is 10.9. The van der Waals surface area contributed by atoms with Crippen molar-refractivity contribution < 1.29 is 9.72 Å². The number of carbonyl (C=O) groups excluding carboxylic acids is 1. The molecule has 3 aromatic rings. The topological polar surface area (TPSA) is 78.0 Å². The Bertz CT molecular complexity index is 928. The van der Waals surface area contributed by atoms with Crippen molar-refractivity contribution in [3.05, 3.63) is 68.6 Å². The van der Waals surface area contributed by atoms with Crippen LogP contribution in [0.4, 0.5) is 5.82 Å². The van der Waals surface area contributed by atoms with Crippen LogP contribution in [0.1, 0.15) is 16.2 Å². The number of carbonyl (C=O) groups is 1. The van der Waals surface area contributed by atoms with Gasteiger partial charge in [0.05, 0.1) is 6.42 Å². The molecule has 0 radical (unpaired) electrons. The number of halogens is 1. The highest BCUT2D eigenvalue weighted by Crippen LogP contribution is 2.26. The SMILES string of the molecule is Cc1nc(Br)c([N+](=O)[O-])n1C(=O)Cc1cccc2ccccc12. The van der Waals surface area contributed by atoms with Crippen molar-refractivity contribution in [2.24, 2.45) is 0 Å². The molecule has 1 heterocycles. The van der Waals surface area contributed by atoms with E-state index in [1.807, 2.05) is 42.5 Å². The van der Waals surface area contributed by atoms with Crippen LogP contribution >= 0.6 is 15.9 Å². The number of aromatic nitrogens is 2. The van der Waals surface area contributed by atoms with E-state index in [0.29, 0.717) is 0 Å². The predicted octanol–water partition coefficient (Wildman–Crippen LogP) is 3.90. The van der Waals surface area contributed by atoms with Crippen LogP contribution in [-0.2, 0) is 6.42 Å². The number of hydrogen-bond donors (Lipinski definition) is 0. The van der Waals surface area contributed by atoms with Crippen LogP contribution in [0.5, 0.6) is 0 Å². The molecule has 0 amide bonds. The van der Waals surface area contributed by atoms with Gasteiger partial charge in [0.15, 0.2) is 0 Å². The molecule has 116 valence electrons. The number of fused-ring (bicyclic) bond motifs is 1. The van der Waals surface area contributed by atoms with Gasteiger partial charge >= 0.3 is 11.7 Å². The molecule has 0 aliphatic carbocycles. The largest absolute Gasteiger partial charge is 0.365 e. The lowest BCUT2D eigenvalue weighted by atomic mass is 10.0. The van der Waals surface area contributed by atoms with Gasteiger partial charge in [-0.05, 0) is 37.2 Å². The summed E-state index contributed by atoms with van der Waals surface area (Å²) in [6, 6.07) is 13.4. The zero-order valence-electron chi connectivity index (χ0n) is 12.2. The molecule has 0 aliphatic heterocycles. The first-order chi connectivity index (χ1) is 11.0. The summed E-state index contributed by atoms with van der Waals surface area (Å²) in [5.74, 6) is -0.440. The maximum Gasteiger partial charge on any atom is 0.365 e. The van der Waals surface area contributed by atoms with Crippen molar-refractivity contribution in [2.45, 2.75) is 13.3 Å². The van der Waals surface area contributed by atoms with Crippen LogP contribution in [-0.4, -0.2) is 20.4 Å². The molecule has 0 saturated carbocycles. The van der Waals surface area contributed by atoms with Gasteiger partial charge in [-0.1, -0.05) is 42.5 Å². The molecule has 0 aliphatic rings. The van der Waals surface area contributed by atoms with E-state index < -0.39 is 4.92 Å². The second-order valence-electron chi connectivity index (χ2n) is 5.07. The predicted molar refractivity (Wildman–Crippen MR) is 89.6 cm³/mol. The number of hydrogen-bond acceptors (Lipinski definition) is 4. The van der Waals surface area contributed by atoms with Gasteiger partial charge in [0.1, 0.15) is 0 Å². The summed E-state index contributed by atoms with van der Waals surface area (Å²) in [5, 5.41) is 13.2. The lowest BCUT2D eigenvalue weighted by Crippen LogP contribution is -2.17. The third-order valence-electron chi connectivity index (χ3n) is 3.62. The zero-order chi connectivity index (χ0) is 16.6. The summed E-state index contributed by atoms with van der Waals surface area (Å²) in [6.45, 7) is 1.57. The number of aryl methyl sites for hydroxylation is 1. The van der Waals surface area contributed by atoms with E-state index in [0.717, 1.165) is 20.9 Å². The van der Waals surface area contributed by atoms with Crippen molar-refractivity contribution in [3.63, 3.8) is 0 Å². The van der Waals surface area contributed by atoms with E-state index >= 15 is 0 Å². The van der Waals surface area contributed by atoms with Crippen molar-refractivity contribution in [1.29, 1.82) is 0 Å². The average Bonchev–Trinajstić information content (AvgIpc) is 2.82. The van der Waals surface area contributed by atoms with Crippen LogP contribution in [0.15, 0.2) is 47.1 Å². The van der Waals surface area contributed by atoms with Crippen LogP contribution in [0.3, 0.4) is 0 Å². The van der Waals surface area contributed by atoms with E-state index in [4.69, 9.17) is 0 Å². The highest BCUT2D eigenvalue weighted by atomic mass is 79.9. The number of benzene rings is 2. The summed E-state index contributed by atoms with van der Waals surface area (Å²) in [5.41, 5.74) is 0.826. The second-order valence-corrected chi connectivity index (χ2v) is 5.83. The monoisotopic (exact) mass is 373 g/mol. The number of nitro groups is 1. The number of imidazole rings is 1. The average molecular weight is 374 g/mol. The molecule has 0 fully saturated rings. The first-order valence-electron chi connectivity index (χ1n) is 6.88. The van der Waals surface area contributed by atoms with Gasteiger partial charge in [-0.25, -0.2) is 4.79 Å². The van der Waals surface area contributed by atoms with Gasteiger partial charge in [-0.15, -0.1) is 4.57 Å².